The first-order chi connectivity index (χ1) is 66.7. The van der Waals surface area contributed by atoms with Crippen molar-refractivity contribution in [3.63, 3.8) is 0 Å². The maximum atomic E-state index is 13.6. The fourth-order valence-corrected chi connectivity index (χ4v) is 17.0. The molecule has 11 aromatic rings. The predicted molar refractivity (Wildman–Crippen MR) is 570 cm³/mol. The van der Waals surface area contributed by atoms with Gasteiger partial charge in [0.05, 0.1) is 37.4 Å². The van der Waals surface area contributed by atoms with Crippen molar-refractivity contribution in [3.8, 4) is 57.5 Å². The Morgan fingerprint density at radius 2 is 1.02 bits per heavy atom. The maximum Gasteiger partial charge on any atom is 0.317 e. The Balaban J connectivity index is 0.000000254. The highest BCUT2D eigenvalue weighted by atomic mass is 35.5. The minimum absolute atomic E-state index is 0.0272. The van der Waals surface area contributed by atoms with Gasteiger partial charge in [0.25, 0.3) is 17.7 Å². The third kappa shape index (κ3) is 34.4. The van der Waals surface area contributed by atoms with E-state index in [1.54, 1.807) is 82.8 Å². The van der Waals surface area contributed by atoms with Crippen LogP contribution in [-0.2, 0) is 83.1 Å². The van der Waals surface area contributed by atoms with Crippen LogP contribution < -0.4 is 53.3 Å². The van der Waals surface area contributed by atoms with E-state index in [1.807, 2.05) is 83.1 Å². The number of esters is 2. The SMILES string of the molecule is CC(C)C(=O)Nc1cc(NC(=O)C(C)C)cc(C(=O)Nc2cc(O)ccc2O)c1.CCC(C)(C)c1ccc(OC(C)C(=O)NCC(C)c2nc3c(Cl)c(Oc4ccccc4OC)nn3[nH]2)c(C(C)(C)CC)c1.CCCCOC(=O)CC(=O)OCCCC.Cc1ccc(C(C)(C)CC(C)(C)C)cc1OS(=O)Nc1cc(NS(=O)Oc2cc(C(C)(C)CC(C)(C)C)ccc2C)cc(-c2nc3cc(C(C)(C)C)[nH]n3n2)c1. The molecule has 4 aromatic heterocycles. The van der Waals surface area contributed by atoms with Crippen molar-refractivity contribution in [1.82, 2.24) is 44.9 Å². The number of aromatic hydroxyl groups is 2. The summed E-state index contributed by atoms with van der Waals surface area (Å²) in [6.07, 6.45) is 6.55. The molecule has 10 N–H and O–H groups in total. The topological polar surface area (TPSA) is 406 Å². The Bertz CT molecular complexity index is 6060. The van der Waals surface area contributed by atoms with Crippen molar-refractivity contribution >= 4 is 109 Å². The molecule has 0 fully saturated rings. The number of hydrogen-bond donors (Lipinski definition) is 10. The maximum absolute atomic E-state index is 13.6. The van der Waals surface area contributed by atoms with Crippen LogP contribution in [0.25, 0.3) is 22.7 Å². The van der Waals surface area contributed by atoms with E-state index in [-0.39, 0.29) is 113 Å². The summed E-state index contributed by atoms with van der Waals surface area (Å²) in [6, 6.07) is 41.3. The van der Waals surface area contributed by atoms with E-state index >= 15 is 0 Å². The van der Waals surface area contributed by atoms with Gasteiger partial charge in [-0.25, -0.2) is 9.97 Å². The number of amides is 4. The number of aromatic nitrogens is 8. The highest BCUT2D eigenvalue weighted by Gasteiger charge is 2.34. The van der Waals surface area contributed by atoms with Crippen molar-refractivity contribution in [2.45, 2.75) is 298 Å². The van der Waals surface area contributed by atoms with Crippen LogP contribution in [0.15, 0.2) is 140 Å². The molecule has 4 atom stereocenters. The van der Waals surface area contributed by atoms with Gasteiger partial charge in [0.15, 0.2) is 39.7 Å². The van der Waals surface area contributed by atoms with Gasteiger partial charge < -0.3 is 63.5 Å². The number of nitrogens with one attached hydrogen (secondary N) is 8. The summed E-state index contributed by atoms with van der Waals surface area (Å²) < 4.78 is 75.6. The van der Waals surface area contributed by atoms with Gasteiger partial charge in [-0.15, -0.1) is 14.8 Å². The van der Waals surface area contributed by atoms with Gasteiger partial charge in [-0.2, -0.15) is 13.0 Å². The van der Waals surface area contributed by atoms with E-state index in [0.29, 0.717) is 94.0 Å². The lowest BCUT2D eigenvalue weighted by atomic mass is 9.72. The van der Waals surface area contributed by atoms with Crippen LogP contribution in [0.4, 0.5) is 28.4 Å². The molecule has 0 radical (unpaired) electrons. The molecular weight excluding hydrogens is 1880 g/mol. The number of rotatable bonds is 40. The van der Waals surface area contributed by atoms with E-state index in [4.69, 9.17) is 53.7 Å². The van der Waals surface area contributed by atoms with Crippen LogP contribution in [0.2, 0.25) is 5.02 Å². The number of methoxy groups -OCH3 is 1. The second kappa shape index (κ2) is 50.2. The van der Waals surface area contributed by atoms with Crippen molar-refractivity contribution in [2.75, 3.05) is 52.3 Å². The fraction of sp³-hybridized carbons (Fsp3) is 0.486. The molecule has 0 aliphatic carbocycles. The van der Waals surface area contributed by atoms with Gasteiger partial charge in [0.1, 0.15) is 41.0 Å². The van der Waals surface area contributed by atoms with E-state index < -0.39 is 46.5 Å². The van der Waals surface area contributed by atoms with Crippen LogP contribution in [0.5, 0.6) is 46.1 Å². The van der Waals surface area contributed by atoms with Crippen molar-refractivity contribution in [3.05, 3.63) is 195 Å². The first-order valence-corrected chi connectivity index (χ1v) is 51.3. The number of unbranched alkanes of at least 4 members (excludes halogenated alkanes) is 2. The number of aromatic amines is 2. The smallest absolute Gasteiger partial charge is 0.317 e. The molecule has 0 aliphatic heterocycles. The van der Waals surface area contributed by atoms with Gasteiger partial charge in [0, 0.05) is 75.6 Å². The Hall–Kier alpha value is -12.5. The zero-order valence-corrected chi connectivity index (χ0v) is 91.4. The van der Waals surface area contributed by atoms with Crippen LogP contribution >= 0.6 is 11.6 Å². The molecule has 4 heterocycles. The number of nitrogens with zero attached hydrogens (tertiary/aromatic N) is 6. The molecule has 0 saturated heterocycles. The Morgan fingerprint density at radius 1 is 0.517 bits per heavy atom. The third-order valence-corrected chi connectivity index (χ3v) is 25.8. The Labute approximate surface area is 853 Å². The first kappa shape index (κ1) is 116. The molecule has 0 spiro atoms. The summed E-state index contributed by atoms with van der Waals surface area (Å²) >= 11 is 2.58. The average molecular weight is 2030 g/mol. The van der Waals surface area contributed by atoms with Gasteiger partial charge in [-0.05, 0) is 198 Å². The molecule has 0 saturated carbocycles. The number of ether oxygens (including phenoxy) is 5. The third-order valence-electron chi connectivity index (χ3n) is 24.0. The molecular formula is C109H151ClN14O17S2. The van der Waals surface area contributed by atoms with E-state index in [0.717, 1.165) is 90.6 Å². The number of para-hydroxylation sites is 2. The Morgan fingerprint density at radius 3 is 1.50 bits per heavy atom. The first-order valence-electron chi connectivity index (χ1n) is 48.8. The molecule has 7 aromatic carbocycles. The predicted octanol–water partition coefficient (Wildman–Crippen LogP) is 24.4. The second-order valence-electron chi connectivity index (χ2n) is 42.8. The number of fused-ring (bicyclic) bond motifs is 2. The summed E-state index contributed by atoms with van der Waals surface area (Å²) in [6.45, 7) is 61.6. The molecule has 0 aliphatic rings. The van der Waals surface area contributed by atoms with Gasteiger partial charge in [-0.3, -0.25) is 48.4 Å². The minimum Gasteiger partial charge on any atom is -0.508 e. The minimum atomic E-state index is -1.98. The van der Waals surface area contributed by atoms with Crippen molar-refractivity contribution < 1.29 is 79.4 Å². The summed E-state index contributed by atoms with van der Waals surface area (Å²) in [5, 5.41) is 46.2. The quantitative estimate of drug-likeness (QED) is 0.00560. The van der Waals surface area contributed by atoms with Crippen molar-refractivity contribution in [1.29, 1.82) is 0 Å². The number of hydrogen-bond acceptors (Lipinski definition) is 21. The number of H-pyrrole nitrogens is 2. The van der Waals surface area contributed by atoms with Crippen LogP contribution in [-0.4, -0.2) is 127 Å². The van der Waals surface area contributed by atoms with E-state index in [9.17, 15) is 47.4 Å². The molecule has 0 bridgehead atoms. The fourth-order valence-electron chi connectivity index (χ4n) is 15.4. The van der Waals surface area contributed by atoms with E-state index in [1.165, 1.54) is 40.5 Å². The van der Waals surface area contributed by atoms with Gasteiger partial charge in [-0.1, -0.05) is 253 Å². The lowest BCUT2D eigenvalue weighted by Crippen LogP contribution is -2.38. The van der Waals surface area contributed by atoms with Gasteiger partial charge in [0.2, 0.25) is 11.8 Å². The van der Waals surface area contributed by atoms with Gasteiger partial charge >= 0.3 is 34.5 Å². The zero-order valence-electron chi connectivity index (χ0n) is 89.0. The number of aryl methyl sites for hydroxylation is 2. The zero-order chi connectivity index (χ0) is 106. The molecule has 4 unspecified atom stereocenters. The summed E-state index contributed by atoms with van der Waals surface area (Å²) in [7, 11) is 1.57. The molecule has 4 amide bonds. The number of carbonyl (C=O) groups is 6. The lowest BCUT2D eigenvalue weighted by molar-refractivity contribution is -0.154. The number of benzene rings is 7. The number of phenols is 2. The number of phenolic OH excluding ortho intramolecular Hbond substituents is 2. The van der Waals surface area contributed by atoms with Crippen LogP contribution in [0, 0.1) is 36.5 Å². The molecule has 11 rings (SSSR count). The second-order valence-corrected chi connectivity index (χ2v) is 44.9. The molecule has 31 nitrogen and oxygen atoms in total. The van der Waals surface area contributed by atoms with Crippen LogP contribution in [0.1, 0.15) is 306 Å². The normalized spacial score (nSPS) is 12.8. The Kier molecular flexibility index (Phi) is 40.6. The molecule has 34 heteroatoms. The van der Waals surface area contributed by atoms with E-state index in [2.05, 4.69) is 207 Å². The number of anilines is 5. The summed E-state index contributed by atoms with van der Waals surface area (Å²) in [4.78, 5) is 81.4. The summed E-state index contributed by atoms with van der Waals surface area (Å²) in [5.41, 5.74) is 10.6. The highest BCUT2D eigenvalue weighted by Crippen LogP contribution is 2.44. The number of halogens is 1. The van der Waals surface area contributed by atoms with Crippen molar-refractivity contribution in [2.24, 2.45) is 22.7 Å². The lowest BCUT2D eigenvalue weighted by Gasteiger charge is -2.33. The highest BCUT2D eigenvalue weighted by molar-refractivity contribution is 7.82. The summed E-state index contributed by atoms with van der Waals surface area (Å²) in [5.74, 6) is 0.830. The average Bonchev–Trinajstić information content (AvgIpc) is 1.75. The van der Waals surface area contributed by atoms with Crippen LogP contribution in [0.3, 0.4) is 0 Å². The largest absolute Gasteiger partial charge is 0.508 e. The number of carbonyl (C=O) groups excluding carboxylic acids is 6. The molecule has 143 heavy (non-hydrogen) atoms. The standard InChI is InChI=1S/C44H62N6O4S2.C33H44ClN5O4.C21H25N3O5.C11H20O4/c1-28-16-18-31(43(12,13)26-40(3,4)5)22-35(28)53-55(51)48-33-20-30(39-45-38-25-37(42(9,10)11)46-50(38)47-39)21-34(24-33)49-56(52)54-36-23-32(19-17-29(36)2)44(14,15)27-41(6,7)8;1-10-32(5,6)22-16-17-24(23(18-22)33(7,8)11-2)42-21(4)30(40)35-19-20(3)28-36-29-27(34)31(38-39(29)37-28)43-26-15-13-12-14-25(26)41-9;1-11(2)19(27)22-14-7-13(8-15(9-14)23-20(28)12(3)4)21(29)24-17-10-16(25)5-6-18(17)26;1-3-5-7-14-10(12)9-11(13)15-8-6-4-2/h16-25,46,48-49H,26-27H2,1-15H3;12-18,20-21H,10-11,19H2,1-9H3,(H,35,40)(H,36,37);5-12,25-26H,1-4H3,(H,22,27)(H,23,28)(H,24,29);3-9H2,1-2H3. The monoisotopic (exact) mass is 2030 g/mol. The molecule has 778 valence electrons.